The lowest BCUT2D eigenvalue weighted by molar-refractivity contribution is 0.131. The molecule has 1 unspecified atom stereocenters. The van der Waals surface area contributed by atoms with Crippen LogP contribution in [0.1, 0.15) is 39.7 Å². The Labute approximate surface area is 121 Å². The van der Waals surface area contributed by atoms with Crippen LogP contribution in [0.4, 0.5) is 4.39 Å². The van der Waals surface area contributed by atoms with Crippen LogP contribution in [-0.2, 0) is 11.3 Å². The van der Waals surface area contributed by atoms with E-state index in [-0.39, 0.29) is 17.5 Å². The van der Waals surface area contributed by atoms with Gasteiger partial charge in [0.15, 0.2) is 11.6 Å². The fourth-order valence-corrected chi connectivity index (χ4v) is 1.73. The topological polar surface area (TPSA) is 30.5 Å². The van der Waals surface area contributed by atoms with E-state index in [2.05, 4.69) is 26.1 Å². The predicted molar refractivity (Wildman–Crippen MR) is 79.6 cm³/mol. The normalized spacial score (nSPS) is 13.3. The molecule has 0 heterocycles. The van der Waals surface area contributed by atoms with Crippen molar-refractivity contribution < 1.29 is 13.9 Å². The maximum absolute atomic E-state index is 14.0. The third-order valence-electron chi connectivity index (χ3n) is 2.91. The van der Waals surface area contributed by atoms with Gasteiger partial charge in [-0.15, -0.1) is 0 Å². The second-order valence-corrected chi connectivity index (χ2v) is 6.04. The van der Waals surface area contributed by atoms with Crippen LogP contribution < -0.4 is 10.1 Å². The molecule has 4 heteroatoms. The minimum Gasteiger partial charge on any atom is -0.487 e. The van der Waals surface area contributed by atoms with Crippen molar-refractivity contribution in [2.45, 2.75) is 52.3 Å². The number of para-hydroxylation sites is 1. The summed E-state index contributed by atoms with van der Waals surface area (Å²) in [5.74, 6) is 0.0235. The van der Waals surface area contributed by atoms with Crippen LogP contribution in [0.2, 0.25) is 0 Å². The van der Waals surface area contributed by atoms with Crippen molar-refractivity contribution in [3.05, 3.63) is 29.6 Å². The minimum absolute atomic E-state index is 0.0226. The number of nitrogens with one attached hydrogen (secondary N) is 1. The molecule has 114 valence electrons. The Morgan fingerprint density at radius 2 is 2.00 bits per heavy atom. The Kier molecular flexibility index (Phi) is 6.43. The number of rotatable bonds is 7. The number of hydrogen-bond acceptors (Lipinski definition) is 3. The SMILES string of the molecule is COCCC(C)Oc1c(F)cccc1CNC(C)(C)C. The summed E-state index contributed by atoms with van der Waals surface area (Å²) < 4.78 is 24.7. The van der Waals surface area contributed by atoms with Gasteiger partial charge in [-0.3, -0.25) is 0 Å². The standard InChI is InChI=1S/C16H26FNO2/c1-12(9-10-19-5)20-15-13(7-6-8-14(15)17)11-18-16(2,3)4/h6-8,12,18H,9-11H2,1-5H3. The first-order valence-corrected chi connectivity index (χ1v) is 7.01. The van der Waals surface area contributed by atoms with Crippen LogP contribution in [0, 0.1) is 5.82 Å². The molecule has 0 aliphatic heterocycles. The average Bonchev–Trinajstić information content (AvgIpc) is 2.36. The van der Waals surface area contributed by atoms with E-state index in [1.54, 1.807) is 13.2 Å². The first kappa shape index (κ1) is 16.9. The van der Waals surface area contributed by atoms with Gasteiger partial charge in [0, 0.05) is 37.8 Å². The summed E-state index contributed by atoms with van der Waals surface area (Å²) in [6.45, 7) is 9.33. The minimum atomic E-state index is -0.317. The molecule has 0 aromatic heterocycles. The van der Waals surface area contributed by atoms with Gasteiger partial charge in [-0.1, -0.05) is 12.1 Å². The molecule has 0 spiro atoms. The van der Waals surface area contributed by atoms with E-state index in [0.29, 0.717) is 18.9 Å². The molecule has 0 aliphatic carbocycles. The van der Waals surface area contributed by atoms with Gasteiger partial charge in [0.1, 0.15) is 0 Å². The van der Waals surface area contributed by atoms with E-state index in [9.17, 15) is 4.39 Å². The summed E-state index contributed by atoms with van der Waals surface area (Å²) in [5.41, 5.74) is 0.815. The first-order chi connectivity index (χ1) is 9.33. The zero-order valence-electron chi connectivity index (χ0n) is 13.1. The van der Waals surface area contributed by atoms with Crippen LogP contribution >= 0.6 is 0 Å². The molecule has 0 fully saturated rings. The molecule has 1 N–H and O–H groups in total. The smallest absolute Gasteiger partial charge is 0.165 e. The van der Waals surface area contributed by atoms with E-state index in [0.717, 1.165) is 12.0 Å². The van der Waals surface area contributed by atoms with E-state index in [4.69, 9.17) is 9.47 Å². The van der Waals surface area contributed by atoms with Crippen molar-refractivity contribution >= 4 is 0 Å². The summed E-state index contributed by atoms with van der Waals surface area (Å²) in [6, 6.07) is 5.03. The molecule has 0 bridgehead atoms. The Balaban J connectivity index is 2.77. The number of benzene rings is 1. The van der Waals surface area contributed by atoms with Crippen molar-refractivity contribution in [1.29, 1.82) is 0 Å². The Morgan fingerprint density at radius 1 is 1.30 bits per heavy atom. The summed E-state index contributed by atoms with van der Waals surface area (Å²) in [7, 11) is 1.65. The van der Waals surface area contributed by atoms with Gasteiger partial charge in [-0.25, -0.2) is 4.39 Å². The van der Waals surface area contributed by atoms with Gasteiger partial charge in [0.2, 0.25) is 0 Å². The maximum atomic E-state index is 14.0. The molecule has 0 saturated heterocycles. The third-order valence-corrected chi connectivity index (χ3v) is 2.91. The highest BCUT2D eigenvalue weighted by Crippen LogP contribution is 2.25. The lowest BCUT2D eigenvalue weighted by Gasteiger charge is -2.23. The first-order valence-electron chi connectivity index (χ1n) is 7.01. The number of ether oxygens (including phenoxy) is 2. The molecule has 1 atom stereocenters. The average molecular weight is 283 g/mol. The van der Waals surface area contributed by atoms with Crippen LogP contribution in [0.25, 0.3) is 0 Å². The zero-order valence-corrected chi connectivity index (χ0v) is 13.1. The number of halogens is 1. The lowest BCUT2D eigenvalue weighted by atomic mass is 10.1. The summed E-state index contributed by atoms with van der Waals surface area (Å²) in [6.07, 6.45) is 0.650. The Bertz CT molecular complexity index is 415. The summed E-state index contributed by atoms with van der Waals surface area (Å²) in [4.78, 5) is 0. The van der Waals surface area contributed by atoms with Crippen LogP contribution in [0.3, 0.4) is 0 Å². The molecule has 0 amide bonds. The molecular weight excluding hydrogens is 257 g/mol. The summed E-state index contributed by atoms with van der Waals surface area (Å²) >= 11 is 0. The lowest BCUT2D eigenvalue weighted by Crippen LogP contribution is -2.35. The highest BCUT2D eigenvalue weighted by molar-refractivity contribution is 5.35. The fourth-order valence-electron chi connectivity index (χ4n) is 1.73. The van der Waals surface area contributed by atoms with Gasteiger partial charge in [-0.2, -0.15) is 0 Å². The largest absolute Gasteiger partial charge is 0.487 e. The predicted octanol–water partition coefficient (Wildman–Crippen LogP) is 3.52. The molecule has 0 aliphatic rings. The van der Waals surface area contributed by atoms with E-state index in [1.165, 1.54) is 6.07 Å². The van der Waals surface area contributed by atoms with Gasteiger partial charge in [-0.05, 0) is 33.8 Å². The molecule has 1 aromatic carbocycles. The number of hydrogen-bond donors (Lipinski definition) is 1. The molecule has 1 aromatic rings. The van der Waals surface area contributed by atoms with Crippen LogP contribution in [-0.4, -0.2) is 25.4 Å². The second-order valence-electron chi connectivity index (χ2n) is 6.04. The van der Waals surface area contributed by atoms with Gasteiger partial charge < -0.3 is 14.8 Å². The molecular formula is C16H26FNO2. The zero-order chi connectivity index (χ0) is 15.2. The quantitative estimate of drug-likeness (QED) is 0.830. The van der Waals surface area contributed by atoms with Crippen LogP contribution in [0.5, 0.6) is 5.75 Å². The molecule has 0 radical (unpaired) electrons. The second kappa shape index (κ2) is 7.60. The highest BCUT2D eigenvalue weighted by atomic mass is 19.1. The maximum Gasteiger partial charge on any atom is 0.165 e. The van der Waals surface area contributed by atoms with E-state index in [1.807, 2.05) is 13.0 Å². The Hall–Kier alpha value is -1.13. The monoisotopic (exact) mass is 283 g/mol. The van der Waals surface area contributed by atoms with Crippen molar-refractivity contribution in [3.8, 4) is 5.75 Å². The van der Waals surface area contributed by atoms with Crippen LogP contribution in [0.15, 0.2) is 18.2 Å². The van der Waals surface area contributed by atoms with E-state index >= 15 is 0 Å². The molecule has 20 heavy (non-hydrogen) atoms. The molecule has 3 nitrogen and oxygen atoms in total. The molecule has 0 saturated carbocycles. The highest BCUT2D eigenvalue weighted by Gasteiger charge is 2.15. The van der Waals surface area contributed by atoms with Gasteiger partial charge in [0.25, 0.3) is 0 Å². The van der Waals surface area contributed by atoms with E-state index < -0.39 is 0 Å². The fraction of sp³-hybridized carbons (Fsp3) is 0.625. The Morgan fingerprint density at radius 3 is 2.60 bits per heavy atom. The van der Waals surface area contributed by atoms with Crippen molar-refractivity contribution in [2.75, 3.05) is 13.7 Å². The molecule has 1 rings (SSSR count). The van der Waals surface area contributed by atoms with Gasteiger partial charge >= 0.3 is 0 Å². The van der Waals surface area contributed by atoms with Crippen molar-refractivity contribution in [2.24, 2.45) is 0 Å². The third kappa shape index (κ3) is 5.88. The summed E-state index contributed by atoms with van der Waals surface area (Å²) in [5, 5.41) is 3.35. The van der Waals surface area contributed by atoms with Crippen molar-refractivity contribution in [1.82, 2.24) is 5.32 Å². The number of methoxy groups -OCH3 is 1. The van der Waals surface area contributed by atoms with Crippen molar-refractivity contribution in [3.63, 3.8) is 0 Å². The van der Waals surface area contributed by atoms with Gasteiger partial charge in [0.05, 0.1) is 6.10 Å².